The van der Waals surface area contributed by atoms with Gasteiger partial charge in [-0.05, 0) is 25.7 Å². The molecular weight excluding hydrogens is 224 g/mol. The van der Waals surface area contributed by atoms with Crippen LogP contribution in [0.25, 0.3) is 0 Å². The highest BCUT2D eigenvalue weighted by atomic mass is 16.5. The number of aliphatic carboxylic acids is 1. The van der Waals surface area contributed by atoms with Gasteiger partial charge in [0.15, 0.2) is 0 Å². The van der Waals surface area contributed by atoms with Crippen LogP contribution in [0.15, 0.2) is 0 Å². The monoisotopic (exact) mass is 244 g/mol. The molecule has 0 radical (unpaired) electrons. The molecule has 6 nitrogen and oxygen atoms in total. The Hall–Kier alpha value is -1.30. The standard InChI is InChI=1S/C11H20N2O4/c1-8(7-17-2)12-11(16)13(6-10(14)15)5-9-3-4-9/h8-9H,3-7H2,1-2H3,(H,12,16)(H,14,15). The summed E-state index contributed by atoms with van der Waals surface area (Å²) in [4.78, 5) is 23.9. The third kappa shape index (κ3) is 5.53. The largest absolute Gasteiger partial charge is 0.480 e. The fraction of sp³-hybridized carbons (Fsp3) is 0.818. The first kappa shape index (κ1) is 13.8. The highest BCUT2D eigenvalue weighted by Gasteiger charge is 2.28. The average Bonchev–Trinajstić information content (AvgIpc) is 3.00. The van der Waals surface area contributed by atoms with Gasteiger partial charge in [0.05, 0.1) is 12.6 Å². The van der Waals surface area contributed by atoms with E-state index in [4.69, 9.17) is 9.84 Å². The highest BCUT2D eigenvalue weighted by molar-refractivity contribution is 5.80. The molecule has 0 spiro atoms. The minimum absolute atomic E-state index is 0.122. The Morgan fingerprint density at radius 2 is 2.18 bits per heavy atom. The molecule has 1 rings (SSSR count). The Balaban J connectivity index is 2.42. The van der Waals surface area contributed by atoms with Crippen molar-refractivity contribution < 1.29 is 19.4 Å². The summed E-state index contributed by atoms with van der Waals surface area (Å²) in [7, 11) is 1.56. The Bertz CT molecular complexity index is 279. The van der Waals surface area contributed by atoms with Gasteiger partial charge in [0, 0.05) is 13.7 Å². The molecule has 98 valence electrons. The molecule has 1 fully saturated rings. The molecule has 0 aromatic carbocycles. The average molecular weight is 244 g/mol. The molecule has 0 saturated heterocycles. The lowest BCUT2D eigenvalue weighted by Gasteiger charge is -2.23. The maximum Gasteiger partial charge on any atom is 0.323 e. The van der Waals surface area contributed by atoms with Crippen molar-refractivity contribution in [3.8, 4) is 0 Å². The van der Waals surface area contributed by atoms with E-state index < -0.39 is 5.97 Å². The number of rotatable bonds is 7. The smallest absolute Gasteiger partial charge is 0.323 e. The molecule has 0 aliphatic heterocycles. The van der Waals surface area contributed by atoms with Gasteiger partial charge in [0.2, 0.25) is 0 Å². The number of hydrogen-bond acceptors (Lipinski definition) is 3. The van der Waals surface area contributed by atoms with Gasteiger partial charge in [-0.15, -0.1) is 0 Å². The summed E-state index contributed by atoms with van der Waals surface area (Å²) in [5.41, 5.74) is 0. The van der Waals surface area contributed by atoms with Crippen molar-refractivity contribution in [1.29, 1.82) is 0 Å². The first-order chi connectivity index (χ1) is 8.02. The van der Waals surface area contributed by atoms with Crippen LogP contribution < -0.4 is 5.32 Å². The van der Waals surface area contributed by atoms with Crippen molar-refractivity contribution in [2.24, 2.45) is 5.92 Å². The van der Waals surface area contributed by atoms with Crippen molar-refractivity contribution in [2.75, 3.05) is 26.8 Å². The molecule has 1 aliphatic carbocycles. The molecule has 1 aliphatic rings. The fourth-order valence-electron chi connectivity index (χ4n) is 1.59. The van der Waals surface area contributed by atoms with Crippen molar-refractivity contribution in [3.63, 3.8) is 0 Å². The van der Waals surface area contributed by atoms with Crippen molar-refractivity contribution in [3.05, 3.63) is 0 Å². The zero-order chi connectivity index (χ0) is 12.8. The number of carboxylic acid groups (broad SMARTS) is 1. The lowest BCUT2D eigenvalue weighted by atomic mass is 10.3. The van der Waals surface area contributed by atoms with Crippen LogP contribution in [0.5, 0.6) is 0 Å². The Morgan fingerprint density at radius 3 is 2.65 bits per heavy atom. The molecule has 1 saturated carbocycles. The number of carbonyl (C=O) groups excluding carboxylic acids is 1. The van der Waals surface area contributed by atoms with Gasteiger partial charge in [0.25, 0.3) is 0 Å². The van der Waals surface area contributed by atoms with Crippen LogP contribution in [0.4, 0.5) is 4.79 Å². The molecule has 0 aromatic heterocycles. The Labute approximate surface area is 101 Å². The molecular formula is C11H20N2O4. The van der Waals surface area contributed by atoms with Crippen LogP contribution in [0.3, 0.4) is 0 Å². The van der Waals surface area contributed by atoms with Gasteiger partial charge in [-0.3, -0.25) is 4.79 Å². The summed E-state index contributed by atoms with van der Waals surface area (Å²) in [6.45, 7) is 2.51. The number of nitrogens with zero attached hydrogens (tertiary/aromatic N) is 1. The second kappa shape index (κ2) is 6.44. The molecule has 2 amide bonds. The van der Waals surface area contributed by atoms with Crippen LogP contribution in [0.2, 0.25) is 0 Å². The maximum absolute atomic E-state index is 11.8. The summed E-state index contributed by atoms with van der Waals surface area (Å²) in [5, 5.41) is 11.5. The molecule has 0 bridgehead atoms. The topological polar surface area (TPSA) is 78.9 Å². The Morgan fingerprint density at radius 1 is 1.53 bits per heavy atom. The third-order valence-corrected chi connectivity index (χ3v) is 2.58. The van der Waals surface area contributed by atoms with Crippen LogP contribution in [0, 0.1) is 5.92 Å². The van der Waals surface area contributed by atoms with E-state index in [1.165, 1.54) is 4.90 Å². The number of nitrogens with one attached hydrogen (secondary N) is 1. The zero-order valence-electron chi connectivity index (χ0n) is 10.3. The third-order valence-electron chi connectivity index (χ3n) is 2.58. The maximum atomic E-state index is 11.8. The van der Waals surface area contributed by atoms with Crippen molar-refractivity contribution in [2.45, 2.75) is 25.8 Å². The first-order valence-electron chi connectivity index (χ1n) is 5.79. The lowest BCUT2D eigenvalue weighted by Crippen LogP contribution is -2.47. The summed E-state index contributed by atoms with van der Waals surface area (Å²) in [6.07, 6.45) is 2.16. The van der Waals surface area contributed by atoms with Crippen LogP contribution in [0.1, 0.15) is 19.8 Å². The van der Waals surface area contributed by atoms with Gasteiger partial charge in [-0.2, -0.15) is 0 Å². The number of carboxylic acids is 1. The summed E-state index contributed by atoms with van der Waals surface area (Å²) < 4.78 is 4.91. The van der Waals surface area contributed by atoms with Crippen molar-refractivity contribution >= 4 is 12.0 Å². The minimum atomic E-state index is -0.986. The summed E-state index contributed by atoms with van der Waals surface area (Å²) in [5.74, 6) is -0.516. The second-order valence-corrected chi connectivity index (χ2v) is 4.52. The van der Waals surface area contributed by atoms with Crippen LogP contribution in [-0.4, -0.2) is 54.9 Å². The predicted octanol–water partition coefficient (Wildman–Crippen LogP) is 0.527. The first-order valence-corrected chi connectivity index (χ1v) is 5.79. The lowest BCUT2D eigenvalue weighted by molar-refractivity contribution is -0.137. The number of carbonyl (C=O) groups is 2. The zero-order valence-corrected chi connectivity index (χ0v) is 10.3. The molecule has 2 N–H and O–H groups in total. The van der Waals surface area contributed by atoms with Gasteiger partial charge < -0.3 is 20.1 Å². The summed E-state index contributed by atoms with van der Waals surface area (Å²) in [6, 6.07) is -0.452. The minimum Gasteiger partial charge on any atom is -0.480 e. The normalized spacial score (nSPS) is 16.4. The number of amides is 2. The molecule has 1 unspecified atom stereocenters. The second-order valence-electron chi connectivity index (χ2n) is 4.52. The van der Waals surface area contributed by atoms with Gasteiger partial charge >= 0.3 is 12.0 Å². The predicted molar refractivity (Wildman–Crippen MR) is 61.8 cm³/mol. The highest BCUT2D eigenvalue weighted by Crippen LogP contribution is 2.29. The SMILES string of the molecule is COCC(C)NC(=O)N(CC(=O)O)CC1CC1. The van der Waals surface area contributed by atoms with Crippen molar-refractivity contribution in [1.82, 2.24) is 10.2 Å². The van der Waals surface area contributed by atoms with E-state index in [-0.39, 0.29) is 18.6 Å². The molecule has 1 atom stereocenters. The van der Waals surface area contributed by atoms with E-state index in [0.29, 0.717) is 19.1 Å². The van der Waals surface area contributed by atoms with Gasteiger partial charge in [0.1, 0.15) is 6.54 Å². The molecule has 6 heteroatoms. The van der Waals surface area contributed by atoms with Crippen LogP contribution in [-0.2, 0) is 9.53 Å². The van der Waals surface area contributed by atoms with E-state index in [1.54, 1.807) is 7.11 Å². The Kier molecular flexibility index (Phi) is 5.21. The van der Waals surface area contributed by atoms with Crippen LogP contribution >= 0.6 is 0 Å². The number of ether oxygens (including phenoxy) is 1. The number of urea groups is 1. The van der Waals surface area contributed by atoms with E-state index in [2.05, 4.69) is 5.32 Å². The van der Waals surface area contributed by atoms with E-state index >= 15 is 0 Å². The van der Waals surface area contributed by atoms with Gasteiger partial charge in [-0.25, -0.2) is 4.79 Å². The fourth-order valence-corrected chi connectivity index (χ4v) is 1.59. The number of hydrogen-bond donors (Lipinski definition) is 2. The van der Waals surface area contributed by atoms with Gasteiger partial charge in [-0.1, -0.05) is 0 Å². The van der Waals surface area contributed by atoms with E-state index in [0.717, 1.165) is 12.8 Å². The quantitative estimate of drug-likeness (QED) is 0.684. The summed E-state index contributed by atoms with van der Waals surface area (Å²) >= 11 is 0. The molecule has 0 aromatic rings. The van der Waals surface area contributed by atoms with E-state index in [9.17, 15) is 9.59 Å². The van der Waals surface area contributed by atoms with E-state index in [1.807, 2.05) is 6.92 Å². The molecule has 0 heterocycles. The number of methoxy groups -OCH3 is 1. The molecule has 17 heavy (non-hydrogen) atoms.